The molecule has 1 heterocycles. The SMILES string of the molecule is CC1(C(=O)Nc2cccc(Cl)c2Cl)CCNCC1. The van der Waals surface area contributed by atoms with Gasteiger partial charge in [-0.05, 0) is 38.1 Å². The van der Waals surface area contributed by atoms with Gasteiger partial charge in [0.1, 0.15) is 0 Å². The summed E-state index contributed by atoms with van der Waals surface area (Å²) in [6, 6.07) is 5.23. The van der Waals surface area contributed by atoms with Crippen LogP contribution in [0.4, 0.5) is 5.69 Å². The number of hydrogen-bond acceptors (Lipinski definition) is 2. The van der Waals surface area contributed by atoms with Crippen LogP contribution in [0.3, 0.4) is 0 Å². The first-order chi connectivity index (χ1) is 8.53. The van der Waals surface area contributed by atoms with E-state index >= 15 is 0 Å². The van der Waals surface area contributed by atoms with E-state index in [-0.39, 0.29) is 11.3 Å². The van der Waals surface area contributed by atoms with E-state index in [4.69, 9.17) is 23.2 Å². The summed E-state index contributed by atoms with van der Waals surface area (Å²) in [5.41, 5.74) is 0.241. The Labute approximate surface area is 117 Å². The zero-order valence-electron chi connectivity index (χ0n) is 10.2. The minimum Gasteiger partial charge on any atom is -0.324 e. The maximum atomic E-state index is 12.3. The van der Waals surface area contributed by atoms with E-state index in [1.807, 2.05) is 6.92 Å². The van der Waals surface area contributed by atoms with Crippen LogP contribution in [0.15, 0.2) is 18.2 Å². The number of nitrogens with one attached hydrogen (secondary N) is 2. The van der Waals surface area contributed by atoms with Crippen LogP contribution in [-0.4, -0.2) is 19.0 Å². The second-order valence-electron chi connectivity index (χ2n) is 4.87. The van der Waals surface area contributed by atoms with Crippen molar-refractivity contribution >= 4 is 34.8 Å². The molecule has 18 heavy (non-hydrogen) atoms. The van der Waals surface area contributed by atoms with Crippen LogP contribution >= 0.6 is 23.2 Å². The van der Waals surface area contributed by atoms with E-state index in [0.29, 0.717) is 15.7 Å². The number of amides is 1. The van der Waals surface area contributed by atoms with Crippen molar-refractivity contribution in [1.29, 1.82) is 0 Å². The Kier molecular flexibility index (Phi) is 4.15. The largest absolute Gasteiger partial charge is 0.324 e. The maximum Gasteiger partial charge on any atom is 0.230 e. The highest BCUT2D eigenvalue weighted by Gasteiger charge is 2.34. The minimum absolute atomic E-state index is 0.00756. The van der Waals surface area contributed by atoms with Crippen LogP contribution < -0.4 is 10.6 Å². The van der Waals surface area contributed by atoms with Gasteiger partial charge < -0.3 is 10.6 Å². The topological polar surface area (TPSA) is 41.1 Å². The normalized spacial score (nSPS) is 18.4. The van der Waals surface area contributed by atoms with Crippen molar-refractivity contribution in [3.8, 4) is 0 Å². The lowest BCUT2D eigenvalue weighted by Gasteiger charge is -2.32. The second kappa shape index (κ2) is 5.47. The van der Waals surface area contributed by atoms with E-state index in [0.717, 1.165) is 25.9 Å². The van der Waals surface area contributed by atoms with Gasteiger partial charge in [0, 0.05) is 5.41 Å². The monoisotopic (exact) mass is 286 g/mol. The molecular formula is C13H16Cl2N2O. The number of benzene rings is 1. The molecule has 1 aromatic carbocycles. The average Bonchev–Trinajstić information content (AvgIpc) is 2.36. The summed E-state index contributed by atoms with van der Waals surface area (Å²) in [7, 11) is 0. The molecule has 1 aliphatic heterocycles. The first-order valence-corrected chi connectivity index (χ1v) is 6.75. The fourth-order valence-corrected chi connectivity index (χ4v) is 2.43. The second-order valence-corrected chi connectivity index (χ2v) is 5.65. The third-order valence-electron chi connectivity index (χ3n) is 3.46. The molecule has 0 bridgehead atoms. The summed E-state index contributed by atoms with van der Waals surface area (Å²) in [4.78, 5) is 12.3. The van der Waals surface area contributed by atoms with Crippen LogP contribution in [-0.2, 0) is 4.79 Å². The van der Waals surface area contributed by atoms with Gasteiger partial charge in [0.15, 0.2) is 0 Å². The molecule has 0 unspecified atom stereocenters. The standard InChI is InChI=1S/C13H16Cl2N2O/c1-13(5-7-16-8-6-13)12(18)17-10-4-2-3-9(14)11(10)15/h2-4,16H,5-8H2,1H3,(H,17,18). The molecular weight excluding hydrogens is 271 g/mol. The third-order valence-corrected chi connectivity index (χ3v) is 4.27. The lowest BCUT2D eigenvalue weighted by Crippen LogP contribution is -2.42. The number of rotatable bonds is 2. The van der Waals surface area contributed by atoms with Crippen molar-refractivity contribution < 1.29 is 4.79 Å². The Morgan fingerprint density at radius 2 is 2.00 bits per heavy atom. The zero-order chi connectivity index (χ0) is 13.2. The highest BCUT2D eigenvalue weighted by atomic mass is 35.5. The minimum atomic E-state index is -0.336. The highest BCUT2D eigenvalue weighted by Crippen LogP contribution is 2.33. The van der Waals surface area contributed by atoms with Gasteiger partial charge in [-0.15, -0.1) is 0 Å². The zero-order valence-corrected chi connectivity index (χ0v) is 11.7. The molecule has 0 aliphatic carbocycles. The summed E-state index contributed by atoms with van der Waals surface area (Å²) >= 11 is 12.0. The maximum absolute atomic E-state index is 12.3. The summed E-state index contributed by atoms with van der Waals surface area (Å²) in [5, 5.41) is 6.97. The van der Waals surface area contributed by atoms with Gasteiger partial charge in [0.2, 0.25) is 5.91 Å². The van der Waals surface area contributed by atoms with Crippen molar-refractivity contribution in [2.75, 3.05) is 18.4 Å². The van der Waals surface area contributed by atoms with E-state index in [1.165, 1.54) is 0 Å². The summed E-state index contributed by atoms with van der Waals surface area (Å²) < 4.78 is 0. The molecule has 98 valence electrons. The van der Waals surface area contributed by atoms with Crippen molar-refractivity contribution in [2.24, 2.45) is 5.41 Å². The van der Waals surface area contributed by atoms with Crippen molar-refractivity contribution in [3.05, 3.63) is 28.2 Å². The Morgan fingerprint density at radius 3 is 2.67 bits per heavy atom. The molecule has 1 amide bonds. The van der Waals surface area contributed by atoms with Crippen molar-refractivity contribution in [3.63, 3.8) is 0 Å². The molecule has 2 N–H and O–H groups in total. The average molecular weight is 287 g/mol. The fourth-order valence-electron chi connectivity index (χ4n) is 2.08. The smallest absolute Gasteiger partial charge is 0.230 e. The molecule has 0 spiro atoms. The van der Waals surface area contributed by atoms with Gasteiger partial charge in [0.25, 0.3) is 0 Å². The number of halogens is 2. The van der Waals surface area contributed by atoms with E-state index in [9.17, 15) is 4.79 Å². The molecule has 1 aromatic rings. The van der Waals surface area contributed by atoms with E-state index in [1.54, 1.807) is 18.2 Å². The van der Waals surface area contributed by atoms with Crippen LogP contribution in [0.1, 0.15) is 19.8 Å². The van der Waals surface area contributed by atoms with E-state index < -0.39 is 0 Å². The molecule has 1 aliphatic rings. The van der Waals surface area contributed by atoms with Gasteiger partial charge >= 0.3 is 0 Å². The lowest BCUT2D eigenvalue weighted by molar-refractivity contribution is -0.126. The first-order valence-electron chi connectivity index (χ1n) is 5.99. The summed E-state index contributed by atoms with van der Waals surface area (Å²) in [6.07, 6.45) is 1.66. The Hall–Kier alpha value is -0.770. The quantitative estimate of drug-likeness (QED) is 0.876. The summed E-state index contributed by atoms with van der Waals surface area (Å²) in [6.45, 7) is 3.72. The molecule has 3 nitrogen and oxygen atoms in total. The van der Waals surface area contributed by atoms with Crippen molar-refractivity contribution in [2.45, 2.75) is 19.8 Å². The number of carbonyl (C=O) groups excluding carboxylic acids is 1. The Bertz CT molecular complexity index is 456. The van der Waals surface area contributed by atoms with Gasteiger partial charge in [0.05, 0.1) is 15.7 Å². The molecule has 1 fully saturated rings. The van der Waals surface area contributed by atoms with Crippen LogP contribution in [0.2, 0.25) is 10.0 Å². The fraction of sp³-hybridized carbons (Fsp3) is 0.462. The van der Waals surface area contributed by atoms with Gasteiger partial charge in [-0.1, -0.05) is 36.2 Å². The molecule has 0 aromatic heterocycles. The Morgan fingerprint density at radius 1 is 1.33 bits per heavy atom. The van der Waals surface area contributed by atoms with Gasteiger partial charge in [-0.3, -0.25) is 4.79 Å². The molecule has 5 heteroatoms. The molecule has 0 atom stereocenters. The summed E-state index contributed by atoms with van der Waals surface area (Å²) in [5.74, 6) is 0.00756. The molecule has 2 rings (SSSR count). The molecule has 1 saturated heterocycles. The number of piperidine rings is 1. The predicted octanol–water partition coefficient (Wildman–Crippen LogP) is 3.32. The number of anilines is 1. The Balaban J connectivity index is 2.13. The third kappa shape index (κ3) is 2.79. The predicted molar refractivity (Wildman–Crippen MR) is 75.3 cm³/mol. The molecule has 0 radical (unpaired) electrons. The van der Waals surface area contributed by atoms with Crippen molar-refractivity contribution in [1.82, 2.24) is 5.32 Å². The van der Waals surface area contributed by atoms with Crippen LogP contribution in [0, 0.1) is 5.41 Å². The van der Waals surface area contributed by atoms with Gasteiger partial charge in [-0.25, -0.2) is 0 Å². The number of carbonyl (C=O) groups is 1. The van der Waals surface area contributed by atoms with Gasteiger partial charge in [-0.2, -0.15) is 0 Å². The van der Waals surface area contributed by atoms with E-state index in [2.05, 4.69) is 10.6 Å². The molecule has 0 saturated carbocycles. The van der Waals surface area contributed by atoms with Crippen LogP contribution in [0.5, 0.6) is 0 Å². The van der Waals surface area contributed by atoms with Crippen LogP contribution in [0.25, 0.3) is 0 Å². The highest BCUT2D eigenvalue weighted by molar-refractivity contribution is 6.44. The lowest BCUT2D eigenvalue weighted by atomic mass is 9.80. The number of hydrogen-bond donors (Lipinski definition) is 2. The first kappa shape index (κ1) is 13.7.